The molecule has 5 heteroatoms. The molecule has 1 rings (SSSR count). The van der Waals surface area contributed by atoms with Crippen LogP contribution in [0.5, 0.6) is 0 Å². The fourth-order valence-corrected chi connectivity index (χ4v) is 1.47. The largest absolute Gasteiger partial charge is 0.468 e. The maximum absolute atomic E-state index is 11.1. The minimum Gasteiger partial charge on any atom is -0.468 e. The van der Waals surface area contributed by atoms with Crippen LogP contribution in [0.2, 0.25) is 0 Å². The van der Waals surface area contributed by atoms with E-state index in [1.807, 2.05) is 0 Å². The third kappa shape index (κ3) is 1.77. The number of methoxy groups -OCH3 is 1. The first-order valence-corrected chi connectivity index (χ1v) is 4.38. The third-order valence-corrected chi connectivity index (χ3v) is 2.56. The van der Waals surface area contributed by atoms with E-state index >= 15 is 0 Å². The summed E-state index contributed by atoms with van der Waals surface area (Å²) in [7, 11) is 1.24. The van der Waals surface area contributed by atoms with E-state index in [-0.39, 0.29) is 0 Å². The van der Waals surface area contributed by atoms with E-state index in [0.29, 0.717) is 13.0 Å². The zero-order valence-corrected chi connectivity index (χ0v) is 8.26. The summed E-state index contributed by atoms with van der Waals surface area (Å²) in [6.07, 6.45) is 0.306. The predicted molar refractivity (Wildman–Crippen MR) is 45.3 cm³/mol. The van der Waals surface area contributed by atoms with Crippen molar-refractivity contribution in [3.8, 4) is 0 Å². The zero-order chi connectivity index (χ0) is 10.1. The van der Waals surface area contributed by atoms with E-state index in [1.165, 1.54) is 7.11 Å². The van der Waals surface area contributed by atoms with Gasteiger partial charge in [-0.1, -0.05) is 0 Å². The summed E-state index contributed by atoms with van der Waals surface area (Å²) < 4.78 is 9.18. The van der Waals surface area contributed by atoms with Crippen molar-refractivity contribution < 1.29 is 19.1 Å². The molecule has 2 atom stereocenters. The molecule has 0 saturated heterocycles. The molecule has 0 spiro atoms. The van der Waals surface area contributed by atoms with Crippen molar-refractivity contribution in [2.45, 2.75) is 18.2 Å². The number of esters is 2. The van der Waals surface area contributed by atoms with Crippen molar-refractivity contribution in [3.63, 3.8) is 0 Å². The normalized spacial score (nSPS) is 30.8. The molecule has 0 bridgehead atoms. The van der Waals surface area contributed by atoms with Crippen LogP contribution in [0, 0.1) is 5.92 Å². The van der Waals surface area contributed by atoms with Gasteiger partial charge < -0.3 is 9.47 Å². The summed E-state index contributed by atoms with van der Waals surface area (Å²) >= 11 is 5.82. The van der Waals surface area contributed by atoms with Crippen LogP contribution in [0.15, 0.2) is 0 Å². The maximum Gasteiger partial charge on any atom is 0.327 e. The van der Waals surface area contributed by atoms with E-state index < -0.39 is 22.7 Å². The van der Waals surface area contributed by atoms with E-state index in [0.717, 1.165) is 0 Å². The van der Waals surface area contributed by atoms with Crippen LogP contribution >= 0.6 is 11.6 Å². The molecule has 1 fully saturated rings. The second kappa shape index (κ2) is 3.54. The van der Waals surface area contributed by atoms with Gasteiger partial charge in [-0.05, 0) is 13.3 Å². The first-order valence-electron chi connectivity index (χ1n) is 4.00. The Hall–Kier alpha value is -0.770. The van der Waals surface area contributed by atoms with Gasteiger partial charge in [0.15, 0.2) is 4.87 Å². The van der Waals surface area contributed by atoms with E-state index in [2.05, 4.69) is 4.74 Å². The van der Waals surface area contributed by atoms with Gasteiger partial charge >= 0.3 is 11.9 Å². The van der Waals surface area contributed by atoms with Crippen molar-refractivity contribution in [3.05, 3.63) is 0 Å². The maximum atomic E-state index is 11.1. The molecule has 4 nitrogen and oxygen atoms in total. The molecule has 1 saturated carbocycles. The second-order valence-electron chi connectivity index (χ2n) is 2.86. The minimum atomic E-state index is -1.17. The van der Waals surface area contributed by atoms with Crippen molar-refractivity contribution in [1.29, 1.82) is 0 Å². The highest BCUT2D eigenvalue weighted by Gasteiger charge is 2.64. The van der Waals surface area contributed by atoms with E-state index in [9.17, 15) is 9.59 Å². The third-order valence-electron chi connectivity index (χ3n) is 1.99. The molecular formula is C8H11ClO4. The van der Waals surface area contributed by atoms with E-state index in [4.69, 9.17) is 16.3 Å². The number of carbonyl (C=O) groups excluding carboxylic acids is 2. The average Bonchev–Trinajstić information content (AvgIpc) is 2.79. The lowest BCUT2D eigenvalue weighted by atomic mass is 10.3. The molecule has 0 heterocycles. The summed E-state index contributed by atoms with van der Waals surface area (Å²) in [4.78, 5) is 21.0. The van der Waals surface area contributed by atoms with Crippen molar-refractivity contribution in [2.24, 2.45) is 5.92 Å². The van der Waals surface area contributed by atoms with Gasteiger partial charge in [0.1, 0.15) is 0 Å². The number of ether oxygens (including phenoxy) is 2. The van der Waals surface area contributed by atoms with E-state index in [1.54, 1.807) is 6.92 Å². The van der Waals surface area contributed by atoms with Crippen molar-refractivity contribution in [1.82, 2.24) is 0 Å². The molecule has 1 aliphatic rings. The van der Waals surface area contributed by atoms with Gasteiger partial charge in [-0.3, -0.25) is 9.59 Å². The smallest absolute Gasteiger partial charge is 0.327 e. The van der Waals surface area contributed by atoms with Gasteiger partial charge in [-0.15, -0.1) is 11.6 Å². The molecule has 0 aliphatic heterocycles. The highest BCUT2D eigenvalue weighted by atomic mass is 35.5. The molecule has 0 aromatic rings. The van der Waals surface area contributed by atoms with Gasteiger partial charge in [0.25, 0.3) is 0 Å². The van der Waals surface area contributed by atoms with Crippen LogP contribution in [0.4, 0.5) is 0 Å². The molecule has 2 unspecified atom stereocenters. The fourth-order valence-electron chi connectivity index (χ4n) is 1.15. The molecular weight excluding hydrogens is 196 g/mol. The Labute approximate surface area is 81.1 Å². The van der Waals surface area contributed by atoms with Crippen LogP contribution in [0.25, 0.3) is 0 Å². The number of alkyl halides is 1. The van der Waals surface area contributed by atoms with Gasteiger partial charge in [0.05, 0.1) is 19.6 Å². The number of carbonyl (C=O) groups is 2. The summed E-state index contributed by atoms with van der Waals surface area (Å²) in [5.74, 6) is -1.53. The van der Waals surface area contributed by atoms with Gasteiger partial charge in [0, 0.05) is 0 Å². The van der Waals surface area contributed by atoms with Crippen LogP contribution < -0.4 is 0 Å². The molecule has 0 aromatic heterocycles. The topological polar surface area (TPSA) is 52.6 Å². The Morgan fingerprint density at radius 3 is 2.69 bits per heavy atom. The Kier molecular flexibility index (Phi) is 2.81. The number of hydrogen-bond acceptors (Lipinski definition) is 4. The Bertz CT molecular complexity index is 240. The monoisotopic (exact) mass is 206 g/mol. The molecule has 0 amide bonds. The molecule has 1 aliphatic carbocycles. The first-order chi connectivity index (χ1) is 6.06. The minimum absolute atomic E-state index is 0.295. The highest BCUT2D eigenvalue weighted by molar-refractivity contribution is 6.38. The average molecular weight is 207 g/mol. The molecule has 13 heavy (non-hydrogen) atoms. The summed E-state index contributed by atoms with van der Waals surface area (Å²) in [5.41, 5.74) is 0. The molecule has 0 N–H and O–H groups in total. The van der Waals surface area contributed by atoms with Crippen LogP contribution in [-0.2, 0) is 19.1 Å². The first kappa shape index (κ1) is 10.3. The quantitative estimate of drug-likeness (QED) is 0.505. The lowest BCUT2D eigenvalue weighted by Crippen LogP contribution is -2.24. The number of halogens is 1. The lowest BCUT2D eigenvalue weighted by Gasteiger charge is -2.05. The van der Waals surface area contributed by atoms with Crippen LogP contribution in [-0.4, -0.2) is 30.5 Å². The number of hydrogen-bond donors (Lipinski definition) is 0. The Morgan fingerprint density at radius 2 is 2.23 bits per heavy atom. The van der Waals surface area contributed by atoms with Crippen molar-refractivity contribution in [2.75, 3.05) is 13.7 Å². The predicted octanol–water partition coefficient (Wildman–Crippen LogP) is 0.720. The lowest BCUT2D eigenvalue weighted by molar-refractivity contribution is -0.148. The van der Waals surface area contributed by atoms with Gasteiger partial charge in [-0.25, -0.2) is 0 Å². The summed E-state index contributed by atoms with van der Waals surface area (Å²) in [5, 5.41) is 0. The summed E-state index contributed by atoms with van der Waals surface area (Å²) in [6.45, 7) is 2.00. The SMILES string of the molecule is CCOC(=O)C1CC1(Cl)C(=O)OC. The second-order valence-corrected chi connectivity index (χ2v) is 3.54. The van der Waals surface area contributed by atoms with Crippen LogP contribution in [0.3, 0.4) is 0 Å². The Balaban J connectivity index is 2.52. The highest BCUT2D eigenvalue weighted by Crippen LogP contribution is 2.51. The Morgan fingerprint density at radius 1 is 1.62 bits per heavy atom. The molecule has 0 radical (unpaired) electrons. The standard InChI is InChI=1S/C8H11ClO4/c1-3-13-6(10)5-4-8(5,9)7(11)12-2/h5H,3-4H2,1-2H3. The van der Waals surface area contributed by atoms with Gasteiger partial charge in [0.2, 0.25) is 0 Å². The number of rotatable bonds is 3. The molecule has 74 valence electrons. The van der Waals surface area contributed by atoms with Crippen LogP contribution in [0.1, 0.15) is 13.3 Å². The fraction of sp³-hybridized carbons (Fsp3) is 0.750. The zero-order valence-electron chi connectivity index (χ0n) is 7.50. The van der Waals surface area contributed by atoms with Gasteiger partial charge in [-0.2, -0.15) is 0 Å². The van der Waals surface area contributed by atoms with Crippen molar-refractivity contribution >= 4 is 23.5 Å². The molecule has 0 aromatic carbocycles. The summed E-state index contributed by atoms with van der Waals surface area (Å²) in [6, 6.07) is 0.